The fourth-order valence-corrected chi connectivity index (χ4v) is 1.83. The van der Waals surface area contributed by atoms with Crippen LogP contribution in [0.1, 0.15) is 18.5 Å². The number of aliphatic hydroxyl groups is 1. The van der Waals surface area contributed by atoms with E-state index in [9.17, 15) is 5.11 Å². The first-order valence-electron chi connectivity index (χ1n) is 5.44. The van der Waals surface area contributed by atoms with Crippen molar-refractivity contribution in [2.75, 3.05) is 18.0 Å². The van der Waals surface area contributed by atoms with E-state index in [1.54, 1.807) is 12.3 Å². The number of anilines is 1. The molecule has 1 fully saturated rings. The maximum absolute atomic E-state index is 9.58. The van der Waals surface area contributed by atoms with Crippen LogP contribution >= 0.6 is 0 Å². The molecule has 2 rings (SSSR count). The molecule has 7 nitrogen and oxygen atoms in total. The van der Waals surface area contributed by atoms with Gasteiger partial charge in [0, 0.05) is 19.3 Å². The molecule has 17 heavy (non-hydrogen) atoms. The molecule has 1 atom stereocenters. The van der Waals surface area contributed by atoms with Crippen molar-refractivity contribution < 1.29 is 10.3 Å². The summed E-state index contributed by atoms with van der Waals surface area (Å²) in [7, 11) is 0. The van der Waals surface area contributed by atoms with E-state index in [-0.39, 0.29) is 11.9 Å². The molecule has 4 N–H and O–H groups in total. The minimum Gasteiger partial charge on any atom is -0.409 e. The Bertz CT molecular complexity index is 423. The van der Waals surface area contributed by atoms with Crippen LogP contribution in [0.5, 0.6) is 0 Å². The average molecular weight is 237 g/mol. The Kier molecular flexibility index (Phi) is 3.38. The molecule has 2 heterocycles. The predicted molar refractivity (Wildman–Crippen MR) is 62.0 cm³/mol. The highest BCUT2D eigenvalue weighted by molar-refractivity contribution is 5.95. The lowest BCUT2D eigenvalue weighted by Crippen LogP contribution is -2.39. The number of piperidine rings is 1. The second kappa shape index (κ2) is 4.96. The van der Waals surface area contributed by atoms with Gasteiger partial charge in [0.2, 0.25) is 5.95 Å². The van der Waals surface area contributed by atoms with Crippen LogP contribution in [-0.4, -0.2) is 45.3 Å². The molecule has 1 aliphatic rings. The fraction of sp³-hybridized carbons (Fsp3) is 0.500. The van der Waals surface area contributed by atoms with E-state index in [0.29, 0.717) is 18.2 Å². The number of hydrogen-bond donors (Lipinski definition) is 3. The van der Waals surface area contributed by atoms with Gasteiger partial charge in [-0.3, -0.25) is 0 Å². The Balaban J connectivity index is 2.21. The van der Waals surface area contributed by atoms with Crippen LogP contribution in [-0.2, 0) is 0 Å². The maximum atomic E-state index is 9.58. The fourth-order valence-electron chi connectivity index (χ4n) is 1.83. The molecule has 0 aromatic carbocycles. The second-order valence-corrected chi connectivity index (χ2v) is 3.97. The number of hydrogen-bond acceptors (Lipinski definition) is 6. The third-order valence-electron chi connectivity index (χ3n) is 2.69. The second-order valence-electron chi connectivity index (χ2n) is 3.97. The highest BCUT2D eigenvalue weighted by atomic mass is 16.4. The summed E-state index contributed by atoms with van der Waals surface area (Å²) in [5.74, 6) is 0.444. The third-order valence-corrected chi connectivity index (χ3v) is 2.69. The summed E-state index contributed by atoms with van der Waals surface area (Å²) in [5, 5.41) is 21.1. The summed E-state index contributed by atoms with van der Waals surface area (Å²) in [6, 6.07) is 1.57. The first kappa shape index (κ1) is 11.6. The lowest BCUT2D eigenvalue weighted by Gasteiger charge is -2.30. The quantitative estimate of drug-likeness (QED) is 0.278. The van der Waals surface area contributed by atoms with E-state index in [1.807, 2.05) is 4.90 Å². The van der Waals surface area contributed by atoms with Crippen LogP contribution in [0.4, 0.5) is 5.95 Å². The van der Waals surface area contributed by atoms with Gasteiger partial charge in [0.1, 0.15) is 5.69 Å². The molecular weight excluding hydrogens is 222 g/mol. The van der Waals surface area contributed by atoms with Crippen molar-refractivity contribution in [3.8, 4) is 0 Å². The normalized spacial score (nSPS) is 21.6. The Morgan fingerprint density at radius 1 is 1.59 bits per heavy atom. The van der Waals surface area contributed by atoms with Gasteiger partial charge in [-0.05, 0) is 18.9 Å². The van der Waals surface area contributed by atoms with E-state index in [1.165, 1.54) is 0 Å². The summed E-state index contributed by atoms with van der Waals surface area (Å²) >= 11 is 0. The highest BCUT2D eigenvalue weighted by Gasteiger charge is 2.20. The summed E-state index contributed by atoms with van der Waals surface area (Å²) in [6.07, 6.45) is 2.91. The van der Waals surface area contributed by atoms with E-state index in [0.717, 1.165) is 19.4 Å². The van der Waals surface area contributed by atoms with Crippen molar-refractivity contribution in [1.29, 1.82) is 0 Å². The zero-order valence-electron chi connectivity index (χ0n) is 9.32. The van der Waals surface area contributed by atoms with Gasteiger partial charge < -0.3 is 20.9 Å². The molecule has 1 unspecified atom stereocenters. The monoisotopic (exact) mass is 237 g/mol. The molecule has 1 aliphatic heterocycles. The van der Waals surface area contributed by atoms with Crippen LogP contribution in [0, 0.1) is 0 Å². The van der Waals surface area contributed by atoms with Crippen LogP contribution in [0.3, 0.4) is 0 Å². The van der Waals surface area contributed by atoms with Gasteiger partial charge in [0.15, 0.2) is 5.84 Å². The molecule has 7 heteroatoms. The smallest absolute Gasteiger partial charge is 0.226 e. The van der Waals surface area contributed by atoms with Gasteiger partial charge in [-0.15, -0.1) is 0 Å². The van der Waals surface area contributed by atoms with Gasteiger partial charge in [-0.2, -0.15) is 0 Å². The lowest BCUT2D eigenvalue weighted by atomic mass is 10.1. The third kappa shape index (κ3) is 2.62. The molecule has 1 aromatic heterocycles. The highest BCUT2D eigenvalue weighted by Crippen LogP contribution is 2.15. The topological polar surface area (TPSA) is 108 Å². The Labute approximate surface area is 98.6 Å². The molecule has 92 valence electrons. The molecule has 0 radical (unpaired) electrons. The molecule has 0 bridgehead atoms. The van der Waals surface area contributed by atoms with Gasteiger partial charge in [0.25, 0.3) is 0 Å². The van der Waals surface area contributed by atoms with Gasteiger partial charge in [-0.25, -0.2) is 9.97 Å². The zero-order chi connectivity index (χ0) is 12.3. The standard InChI is InChI=1S/C10H15N5O2/c11-9(14-17)8-3-4-12-10(13-8)15-5-1-2-7(16)6-15/h3-4,7,16-17H,1-2,5-6H2,(H2,11,14). The minimum atomic E-state index is -0.347. The molecule has 0 spiro atoms. The number of aliphatic hydroxyl groups excluding tert-OH is 1. The van der Waals surface area contributed by atoms with Crippen LogP contribution < -0.4 is 10.6 Å². The van der Waals surface area contributed by atoms with Gasteiger partial charge in [-0.1, -0.05) is 5.16 Å². The SMILES string of the molecule is N/C(=N/O)c1ccnc(N2CCCC(O)C2)n1. The summed E-state index contributed by atoms with van der Waals surface area (Å²) in [6.45, 7) is 1.32. The van der Waals surface area contributed by atoms with Crippen molar-refractivity contribution in [3.63, 3.8) is 0 Å². The Hall–Kier alpha value is -1.89. The minimum absolute atomic E-state index is 0.0498. The first-order valence-corrected chi connectivity index (χ1v) is 5.44. The molecular formula is C10H15N5O2. The Morgan fingerprint density at radius 2 is 2.41 bits per heavy atom. The summed E-state index contributed by atoms with van der Waals surface area (Å²) in [5.41, 5.74) is 5.83. The van der Waals surface area contributed by atoms with Crippen LogP contribution in [0.15, 0.2) is 17.4 Å². The number of nitrogens with two attached hydrogens (primary N) is 1. The predicted octanol–water partition coefficient (Wildman–Crippen LogP) is -0.468. The van der Waals surface area contributed by atoms with E-state index in [2.05, 4.69) is 15.1 Å². The summed E-state index contributed by atoms with van der Waals surface area (Å²) < 4.78 is 0. The summed E-state index contributed by atoms with van der Waals surface area (Å²) in [4.78, 5) is 10.2. The number of β-amino-alcohol motifs (C(OH)–C–C–N with tert-alkyl or cyclic N) is 1. The van der Waals surface area contributed by atoms with Crippen LogP contribution in [0.2, 0.25) is 0 Å². The molecule has 0 aliphatic carbocycles. The number of nitrogens with zero attached hydrogens (tertiary/aromatic N) is 4. The molecule has 0 saturated carbocycles. The number of aromatic nitrogens is 2. The average Bonchev–Trinajstić information content (AvgIpc) is 2.38. The van der Waals surface area contributed by atoms with Crippen molar-refractivity contribution in [2.24, 2.45) is 10.9 Å². The maximum Gasteiger partial charge on any atom is 0.226 e. The van der Waals surface area contributed by atoms with Crippen molar-refractivity contribution in [1.82, 2.24) is 9.97 Å². The first-order chi connectivity index (χ1) is 8.20. The number of amidine groups is 1. The lowest BCUT2D eigenvalue weighted by molar-refractivity contribution is 0.153. The number of rotatable bonds is 2. The van der Waals surface area contributed by atoms with Gasteiger partial charge in [0.05, 0.1) is 6.10 Å². The van der Waals surface area contributed by atoms with E-state index < -0.39 is 0 Å². The van der Waals surface area contributed by atoms with E-state index >= 15 is 0 Å². The Morgan fingerprint density at radius 3 is 3.12 bits per heavy atom. The van der Waals surface area contributed by atoms with Crippen molar-refractivity contribution in [3.05, 3.63) is 18.0 Å². The van der Waals surface area contributed by atoms with Crippen LogP contribution in [0.25, 0.3) is 0 Å². The zero-order valence-corrected chi connectivity index (χ0v) is 9.32. The van der Waals surface area contributed by atoms with Crippen molar-refractivity contribution in [2.45, 2.75) is 18.9 Å². The molecule has 1 aromatic rings. The largest absolute Gasteiger partial charge is 0.409 e. The van der Waals surface area contributed by atoms with Gasteiger partial charge >= 0.3 is 0 Å². The van der Waals surface area contributed by atoms with E-state index in [4.69, 9.17) is 10.9 Å². The van der Waals surface area contributed by atoms with Crippen molar-refractivity contribution >= 4 is 11.8 Å². The number of oxime groups is 1. The molecule has 0 amide bonds. The molecule has 1 saturated heterocycles.